The molecule has 0 unspecified atom stereocenters. The Morgan fingerprint density at radius 2 is 1.91 bits per heavy atom. The average molecular weight is 432 g/mol. The number of nitrogens with zero attached hydrogens (tertiary/aromatic N) is 3. The van der Waals surface area contributed by atoms with Crippen molar-refractivity contribution in [2.45, 2.75) is 25.4 Å². The molecular formula is C25H25FN4O2. The third-order valence-corrected chi connectivity index (χ3v) is 6.00. The van der Waals surface area contributed by atoms with Crippen LogP contribution in [0.25, 0.3) is 22.0 Å². The summed E-state index contributed by atoms with van der Waals surface area (Å²) in [6.07, 6.45) is 7.12. The van der Waals surface area contributed by atoms with E-state index >= 15 is 0 Å². The van der Waals surface area contributed by atoms with Crippen molar-refractivity contribution in [3.8, 4) is 11.1 Å². The minimum Gasteiger partial charge on any atom is -0.381 e. The molecule has 2 aromatic heterocycles. The van der Waals surface area contributed by atoms with Gasteiger partial charge in [-0.25, -0.2) is 4.39 Å². The van der Waals surface area contributed by atoms with Crippen LogP contribution in [-0.2, 0) is 18.3 Å². The van der Waals surface area contributed by atoms with Gasteiger partial charge < -0.3 is 14.6 Å². The number of carbonyl (C=O) groups is 1. The van der Waals surface area contributed by atoms with Crippen molar-refractivity contribution >= 4 is 16.8 Å². The highest BCUT2D eigenvalue weighted by atomic mass is 19.1. The lowest BCUT2D eigenvalue weighted by atomic mass is 10.1. The highest BCUT2D eigenvalue weighted by Crippen LogP contribution is 2.26. The number of aryl methyl sites for hydroxylation is 1. The molecule has 0 saturated carbocycles. The van der Waals surface area contributed by atoms with Crippen LogP contribution < -0.4 is 5.32 Å². The predicted octanol–water partition coefficient (Wildman–Crippen LogP) is 4.14. The van der Waals surface area contributed by atoms with Crippen molar-refractivity contribution in [3.63, 3.8) is 0 Å². The fraction of sp³-hybridized carbons (Fsp3) is 0.280. The van der Waals surface area contributed by atoms with E-state index in [1.165, 1.54) is 6.07 Å². The van der Waals surface area contributed by atoms with Crippen molar-refractivity contribution < 1.29 is 13.9 Å². The first-order valence-corrected chi connectivity index (χ1v) is 10.8. The van der Waals surface area contributed by atoms with Gasteiger partial charge in [0.2, 0.25) is 0 Å². The number of hydrogen-bond acceptors (Lipinski definition) is 3. The van der Waals surface area contributed by atoms with E-state index in [-0.39, 0.29) is 17.8 Å². The van der Waals surface area contributed by atoms with Crippen LogP contribution in [0.1, 0.15) is 28.8 Å². The summed E-state index contributed by atoms with van der Waals surface area (Å²) < 4.78 is 23.8. The molecule has 4 aromatic rings. The topological polar surface area (TPSA) is 61.1 Å². The standard InChI is InChI=1S/C25H25FN4O2/c1-29-15-19(13-27-29)18-7-5-17(6-8-18)14-30-16-21(24-22(26)3-2-4-23(24)30)25(31)28-20-9-11-32-12-10-20/h2-8,13,15-16,20H,9-12,14H2,1H3,(H,28,31). The summed E-state index contributed by atoms with van der Waals surface area (Å²) in [5.41, 5.74) is 4.28. The quantitative estimate of drug-likeness (QED) is 0.516. The van der Waals surface area contributed by atoms with Crippen molar-refractivity contribution in [2.24, 2.45) is 7.05 Å². The number of aromatic nitrogens is 3. The first-order valence-electron chi connectivity index (χ1n) is 10.8. The number of halogens is 1. The van der Waals surface area contributed by atoms with Gasteiger partial charge in [-0.05, 0) is 36.1 Å². The fourth-order valence-electron chi connectivity index (χ4n) is 4.29. The van der Waals surface area contributed by atoms with E-state index in [0.717, 1.165) is 29.5 Å². The van der Waals surface area contributed by atoms with Crippen molar-refractivity contribution in [3.05, 3.63) is 78.0 Å². The molecule has 1 fully saturated rings. The molecule has 32 heavy (non-hydrogen) atoms. The molecule has 7 heteroatoms. The van der Waals surface area contributed by atoms with Crippen molar-refractivity contribution in [1.82, 2.24) is 19.7 Å². The van der Waals surface area contributed by atoms with Crippen LogP contribution in [-0.4, -0.2) is 39.5 Å². The summed E-state index contributed by atoms with van der Waals surface area (Å²) in [7, 11) is 1.89. The SMILES string of the molecule is Cn1cc(-c2ccc(Cn3cc(C(=O)NC4CCOCC4)c4c(F)cccc43)cc2)cn1. The molecule has 164 valence electrons. The number of fused-ring (bicyclic) bond motifs is 1. The Hall–Kier alpha value is -3.45. The summed E-state index contributed by atoms with van der Waals surface area (Å²) in [6, 6.07) is 13.2. The summed E-state index contributed by atoms with van der Waals surface area (Å²) in [5, 5.41) is 7.64. The summed E-state index contributed by atoms with van der Waals surface area (Å²) in [5.74, 6) is -0.622. The molecule has 1 N–H and O–H groups in total. The number of ether oxygens (including phenoxy) is 1. The first kappa shape index (κ1) is 20.5. The van der Waals surface area contributed by atoms with Crippen LogP contribution in [0.4, 0.5) is 4.39 Å². The zero-order valence-electron chi connectivity index (χ0n) is 17.9. The summed E-state index contributed by atoms with van der Waals surface area (Å²) >= 11 is 0. The lowest BCUT2D eigenvalue weighted by Crippen LogP contribution is -2.38. The van der Waals surface area contributed by atoms with Crippen LogP contribution in [0.15, 0.2) is 61.1 Å². The molecule has 1 aliphatic rings. The normalized spacial score (nSPS) is 14.7. The van der Waals surface area contributed by atoms with Gasteiger partial charge in [0.25, 0.3) is 5.91 Å². The highest BCUT2D eigenvalue weighted by Gasteiger charge is 2.22. The highest BCUT2D eigenvalue weighted by molar-refractivity contribution is 6.07. The Labute approximate surface area is 185 Å². The largest absolute Gasteiger partial charge is 0.381 e. The number of benzene rings is 2. The Morgan fingerprint density at radius 1 is 1.12 bits per heavy atom. The van der Waals surface area contributed by atoms with Gasteiger partial charge in [0.1, 0.15) is 5.82 Å². The maximum absolute atomic E-state index is 14.8. The van der Waals surface area contributed by atoms with Gasteiger partial charge in [-0.2, -0.15) is 5.10 Å². The predicted molar refractivity (Wildman–Crippen MR) is 121 cm³/mol. The molecular weight excluding hydrogens is 407 g/mol. The van der Waals surface area contributed by atoms with Gasteiger partial charge in [0.05, 0.1) is 17.3 Å². The van der Waals surface area contributed by atoms with Crippen LogP contribution in [0, 0.1) is 5.82 Å². The molecule has 5 rings (SSSR count). The van der Waals surface area contributed by atoms with Crippen LogP contribution in [0.2, 0.25) is 0 Å². The van der Waals surface area contributed by atoms with Gasteiger partial charge in [-0.3, -0.25) is 9.48 Å². The number of hydrogen-bond donors (Lipinski definition) is 1. The molecule has 1 saturated heterocycles. The molecule has 0 atom stereocenters. The van der Waals surface area contributed by atoms with E-state index in [1.807, 2.05) is 30.1 Å². The van der Waals surface area contributed by atoms with Crippen molar-refractivity contribution in [1.29, 1.82) is 0 Å². The summed E-state index contributed by atoms with van der Waals surface area (Å²) in [6.45, 7) is 1.81. The summed E-state index contributed by atoms with van der Waals surface area (Å²) in [4.78, 5) is 13.0. The number of nitrogens with one attached hydrogen (secondary N) is 1. The Morgan fingerprint density at radius 3 is 2.62 bits per heavy atom. The Kier molecular flexibility index (Phi) is 5.49. The minimum absolute atomic E-state index is 0.0569. The zero-order valence-corrected chi connectivity index (χ0v) is 17.9. The van der Waals surface area contributed by atoms with E-state index in [0.29, 0.717) is 36.2 Å². The number of amides is 1. The second-order valence-corrected chi connectivity index (χ2v) is 8.26. The molecule has 2 aromatic carbocycles. The minimum atomic E-state index is -0.384. The molecule has 0 bridgehead atoms. The maximum atomic E-state index is 14.8. The molecule has 0 radical (unpaired) electrons. The van der Waals surface area contributed by atoms with Gasteiger partial charge in [0.15, 0.2) is 0 Å². The van der Waals surface area contributed by atoms with E-state index in [9.17, 15) is 9.18 Å². The number of carbonyl (C=O) groups excluding carboxylic acids is 1. The third-order valence-electron chi connectivity index (χ3n) is 6.00. The second-order valence-electron chi connectivity index (χ2n) is 8.26. The molecule has 6 nitrogen and oxygen atoms in total. The molecule has 0 aliphatic carbocycles. The third kappa shape index (κ3) is 4.03. The maximum Gasteiger partial charge on any atom is 0.253 e. The second kappa shape index (κ2) is 8.59. The van der Waals surface area contributed by atoms with E-state index in [4.69, 9.17) is 4.74 Å². The Balaban J connectivity index is 1.43. The van der Waals surface area contributed by atoms with E-state index in [2.05, 4.69) is 34.7 Å². The van der Waals surface area contributed by atoms with Gasteiger partial charge >= 0.3 is 0 Å². The monoisotopic (exact) mass is 432 g/mol. The fourth-order valence-corrected chi connectivity index (χ4v) is 4.29. The molecule has 1 amide bonds. The lowest BCUT2D eigenvalue weighted by Gasteiger charge is -2.22. The van der Waals surface area contributed by atoms with Crippen molar-refractivity contribution in [2.75, 3.05) is 13.2 Å². The first-order chi connectivity index (χ1) is 15.6. The average Bonchev–Trinajstić information content (AvgIpc) is 3.40. The molecule has 3 heterocycles. The van der Waals surface area contributed by atoms with E-state index < -0.39 is 0 Å². The van der Waals surface area contributed by atoms with Gasteiger partial charge in [-0.15, -0.1) is 0 Å². The van der Waals surface area contributed by atoms with Gasteiger partial charge in [-0.1, -0.05) is 30.3 Å². The van der Waals surface area contributed by atoms with Crippen LogP contribution in [0.3, 0.4) is 0 Å². The molecule has 1 aliphatic heterocycles. The number of rotatable bonds is 5. The van der Waals surface area contributed by atoms with Gasteiger partial charge in [0, 0.05) is 56.2 Å². The molecule has 0 spiro atoms. The van der Waals surface area contributed by atoms with E-state index in [1.54, 1.807) is 16.9 Å². The lowest BCUT2D eigenvalue weighted by molar-refractivity contribution is 0.0697. The smallest absolute Gasteiger partial charge is 0.253 e. The van der Waals surface area contributed by atoms with Crippen LogP contribution in [0.5, 0.6) is 0 Å². The Bertz CT molecular complexity index is 1250. The zero-order chi connectivity index (χ0) is 22.1. The van der Waals surface area contributed by atoms with Crippen LogP contribution >= 0.6 is 0 Å².